The minimum absolute atomic E-state index is 0.0415. The number of nitrogens with one attached hydrogen (secondary N) is 1. The normalized spacial score (nSPS) is 13.8. The number of amides is 2. The smallest absolute Gasteiger partial charge is 0.249 e. The maximum absolute atomic E-state index is 14.3. The number of benzene rings is 2. The maximum atomic E-state index is 14.3. The van der Waals surface area contributed by atoms with Gasteiger partial charge in [-0.05, 0) is 73.4 Å². The fraction of sp³-hybridized carbons (Fsp3) is 0.367. The van der Waals surface area contributed by atoms with Crippen molar-refractivity contribution >= 4 is 28.5 Å². The number of carbonyl (C=O) groups excluding carboxylic acids is 2. The van der Waals surface area contributed by atoms with Crippen molar-refractivity contribution in [3.63, 3.8) is 0 Å². The number of rotatable bonds is 9. The van der Waals surface area contributed by atoms with E-state index in [4.69, 9.17) is 0 Å². The van der Waals surface area contributed by atoms with E-state index in [9.17, 15) is 9.59 Å². The SMILES string of the molecule is CC(C)CCNC(=O)C(c1cccnc1)N(C(=O)Cn1nnc2ccccc21)c1cccc2c1CCCC2. The summed E-state index contributed by atoms with van der Waals surface area (Å²) in [6, 6.07) is 16.4. The van der Waals surface area contributed by atoms with Crippen LogP contribution >= 0.6 is 0 Å². The molecule has 1 unspecified atom stereocenters. The number of hydrogen-bond donors (Lipinski definition) is 1. The van der Waals surface area contributed by atoms with Crippen LogP contribution in [-0.4, -0.2) is 38.3 Å². The van der Waals surface area contributed by atoms with Crippen molar-refractivity contribution < 1.29 is 9.59 Å². The van der Waals surface area contributed by atoms with Crippen LogP contribution in [0.4, 0.5) is 5.69 Å². The molecule has 0 bridgehead atoms. The number of nitrogens with zero attached hydrogens (tertiary/aromatic N) is 5. The third kappa shape index (κ3) is 5.44. The zero-order valence-electron chi connectivity index (χ0n) is 22.0. The molecule has 2 aromatic carbocycles. The van der Waals surface area contributed by atoms with Gasteiger partial charge in [0.15, 0.2) is 0 Å². The average molecular weight is 511 g/mol. The molecule has 5 rings (SSSR count). The first kappa shape index (κ1) is 25.6. The number of anilines is 1. The highest BCUT2D eigenvalue weighted by Gasteiger charge is 2.35. The third-order valence-corrected chi connectivity index (χ3v) is 7.13. The van der Waals surface area contributed by atoms with Crippen LogP contribution in [0.1, 0.15) is 55.8 Å². The molecule has 1 atom stereocenters. The van der Waals surface area contributed by atoms with Gasteiger partial charge in [-0.1, -0.05) is 49.4 Å². The number of pyridine rings is 1. The van der Waals surface area contributed by atoms with Gasteiger partial charge in [0, 0.05) is 30.2 Å². The van der Waals surface area contributed by atoms with E-state index in [0.29, 0.717) is 18.0 Å². The van der Waals surface area contributed by atoms with Crippen molar-refractivity contribution in [2.45, 2.75) is 58.5 Å². The Hall–Kier alpha value is -4.07. The second kappa shape index (κ2) is 11.5. The Morgan fingerprint density at radius 2 is 1.87 bits per heavy atom. The lowest BCUT2D eigenvalue weighted by atomic mass is 9.89. The Kier molecular flexibility index (Phi) is 7.77. The zero-order chi connectivity index (χ0) is 26.5. The van der Waals surface area contributed by atoms with Gasteiger partial charge in [-0.3, -0.25) is 19.5 Å². The summed E-state index contributed by atoms with van der Waals surface area (Å²) < 4.78 is 1.61. The second-order valence-corrected chi connectivity index (χ2v) is 10.3. The molecule has 2 heterocycles. The van der Waals surface area contributed by atoms with Crippen LogP contribution < -0.4 is 10.2 Å². The highest BCUT2D eigenvalue weighted by Crippen LogP contribution is 2.36. The number of aromatic nitrogens is 4. The minimum Gasteiger partial charge on any atom is -0.354 e. The summed E-state index contributed by atoms with van der Waals surface area (Å²) in [4.78, 5) is 34.1. The van der Waals surface area contributed by atoms with Crippen LogP contribution in [0.5, 0.6) is 0 Å². The van der Waals surface area contributed by atoms with Crippen LogP contribution in [0.2, 0.25) is 0 Å². The molecule has 2 aromatic heterocycles. The number of fused-ring (bicyclic) bond motifs is 2. The van der Waals surface area contributed by atoms with E-state index in [1.165, 1.54) is 5.56 Å². The van der Waals surface area contributed by atoms with Gasteiger partial charge < -0.3 is 5.32 Å². The summed E-state index contributed by atoms with van der Waals surface area (Å²) in [5, 5.41) is 11.6. The average Bonchev–Trinajstić information content (AvgIpc) is 3.34. The molecule has 8 heteroatoms. The van der Waals surface area contributed by atoms with Crippen LogP contribution in [0.15, 0.2) is 67.0 Å². The predicted octanol–water partition coefficient (Wildman–Crippen LogP) is 4.64. The zero-order valence-corrected chi connectivity index (χ0v) is 22.0. The first-order valence-corrected chi connectivity index (χ1v) is 13.4. The molecule has 1 aliphatic rings. The van der Waals surface area contributed by atoms with Crippen LogP contribution in [-0.2, 0) is 29.0 Å². The summed E-state index contributed by atoms with van der Waals surface area (Å²) in [6.45, 7) is 4.74. The molecular formula is C30H34N6O2. The molecule has 8 nitrogen and oxygen atoms in total. The highest BCUT2D eigenvalue weighted by atomic mass is 16.2. The Morgan fingerprint density at radius 3 is 2.68 bits per heavy atom. The quantitative estimate of drug-likeness (QED) is 0.354. The van der Waals surface area contributed by atoms with Crippen LogP contribution in [0.3, 0.4) is 0 Å². The molecule has 1 aliphatic carbocycles. The molecule has 38 heavy (non-hydrogen) atoms. The Bertz CT molecular complexity index is 1410. The number of aryl methyl sites for hydroxylation is 1. The molecular weight excluding hydrogens is 476 g/mol. The van der Waals surface area contributed by atoms with Crippen molar-refractivity contribution in [3.8, 4) is 0 Å². The van der Waals surface area contributed by atoms with Crippen molar-refractivity contribution in [1.29, 1.82) is 0 Å². The van der Waals surface area contributed by atoms with E-state index in [2.05, 4.69) is 40.5 Å². The van der Waals surface area contributed by atoms with Crippen LogP contribution in [0.25, 0.3) is 11.0 Å². The van der Waals surface area contributed by atoms with E-state index in [-0.39, 0.29) is 18.4 Å². The molecule has 4 aromatic rings. The van der Waals surface area contributed by atoms with Gasteiger partial charge in [0.25, 0.3) is 0 Å². The standard InChI is InChI=1S/C30H34N6O2/c1-21(2)16-18-32-30(38)29(23-11-8-17-31-19-23)36(26-15-7-10-22-9-3-4-12-24(22)26)28(37)20-35-27-14-6-5-13-25(27)33-34-35/h5-8,10-11,13-15,17,19,21,29H,3-4,9,12,16,18,20H2,1-2H3,(H,32,38). The second-order valence-electron chi connectivity index (χ2n) is 10.3. The van der Waals surface area contributed by atoms with Crippen LogP contribution in [0, 0.1) is 5.92 Å². The van der Waals surface area contributed by atoms with Gasteiger partial charge in [-0.25, -0.2) is 4.68 Å². The van der Waals surface area contributed by atoms with E-state index in [1.807, 2.05) is 42.5 Å². The summed E-state index contributed by atoms with van der Waals surface area (Å²) >= 11 is 0. The van der Waals surface area contributed by atoms with Gasteiger partial charge in [0.2, 0.25) is 11.8 Å². The molecule has 0 saturated heterocycles. The molecule has 0 spiro atoms. The molecule has 0 aliphatic heterocycles. The number of para-hydroxylation sites is 1. The van der Waals surface area contributed by atoms with Gasteiger partial charge in [-0.15, -0.1) is 5.10 Å². The summed E-state index contributed by atoms with van der Waals surface area (Å²) in [5.74, 6) is 0.00275. The largest absolute Gasteiger partial charge is 0.354 e. The van der Waals surface area contributed by atoms with Crippen molar-refractivity contribution in [1.82, 2.24) is 25.3 Å². The van der Waals surface area contributed by atoms with Crippen molar-refractivity contribution in [2.75, 3.05) is 11.4 Å². The molecule has 0 saturated carbocycles. The predicted molar refractivity (Wildman–Crippen MR) is 148 cm³/mol. The summed E-state index contributed by atoms with van der Waals surface area (Å²) in [6.07, 6.45) is 8.22. The Morgan fingerprint density at radius 1 is 1.03 bits per heavy atom. The number of carbonyl (C=O) groups is 2. The maximum Gasteiger partial charge on any atom is 0.249 e. The molecule has 196 valence electrons. The summed E-state index contributed by atoms with van der Waals surface area (Å²) in [5.41, 5.74) is 5.32. The van der Waals surface area contributed by atoms with Gasteiger partial charge in [0.1, 0.15) is 18.1 Å². The van der Waals surface area contributed by atoms with E-state index < -0.39 is 6.04 Å². The molecule has 1 N–H and O–H groups in total. The Labute approximate surface area is 223 Å². The van der Waals surface area contributed by atoms with E-state index in [1.54, 1.807) is 28.0 Å². The van der Waals surface area contributed by atoms with Crippen molar-refractivity contribution in [3.05, 3.63) is 83.7 Å². The van der Waals surface area contributed by atoms with Crippen molar-refractivity contribution in [2.24, 2.45) is 5.92 Å². The number of hydrogen-bond acceptors (Lipinski definition) is 5. The molecule has 2 amide bonds. The first-order chi connectivity index (χ1) is 18.5. The fourth-order valence-corrected chi connectivity index (χ4v) is 5.18. The molecule has 0 radical (unpaired) electrons. The monoisotopic (exact) mass is 510 g/mol. The van der Waals surface area contributed by atoms with Gasteiger partial charge >= 0.3 is 0 Å². The lowest BCUT2D eigenvalue weighted by molar-refractivity contribution is -0.127. The lowest BCUT2D eigenvalue weighted by Crippen LogP contribution is -2.46. The summed E-state index contributed by atoms with van der Waals surface area (Å²) in [7, 11) is 0. The third-order valence-electron chi connectivity index (χ3n) is 7.13. The fourth-order valence-electron chi connectivity index (χ4n) is 5.18. The Balaban J connectivity index is 1.59. The van der Waals surface area contributed by atoms with Gasteiger partial charge in [0.05, 0.1) is 5.52 Å². The minimum atomic E-state index is -0.869. The van der Waals surface area contributed by atoms with E-state index in [0.717, 1.165) is 54.4 Å². The lowest BCUT2D eigenvalue weighted by Gasteiger charge is -2.34. The van der Waals surface area contributed by atoms with E-state index >= 15 is 0 Å². The topological polar surface area (TPSA) is 93.0 Å². The molecule has 0 fully saturated rings. The highest BCUT2D eigenvalue weighted by molar-refractivity contribution is 6.02. The first-order valence-electron chi connectivity index (χ1n) is 13.4. The van der Waals surface area contributed by atoms with Gasteiger partial charge in [-0.2, -0.15) is 0 Å².